The van der Waals surface area contributed by atoms with Crippen molar-refractivity contribution in [2.24, 2.45) is 38.4 Å². The van der Waals surface area contributed by atoms with Gasteiger partial charge >= 0.3 is 0 Å². The number of nitrogens with zero attached hydrogens (tertiary/aromatic N) is 6. The molecule has 0 spiro atoms. The van der Waals surface area contributed by atoms with Gasteiger partial charge in [0.15, 0.2) is 9.84 Å². The number of likely N-dealkylation sites (tertiary alicyclic amines) is 2. The number of hydrogen-bond donors (Lipinski definition) is 7. The first kappa shape index (κ1) is 110. The molecule has 1 aromatic rings. The van der Waals surface area contributed by atoms with Gasteiger partial charge in [-0.05, 0) is 212 Å². The summed E-state index contributed by atoms with van der Waals surface area (Å²) >= 11 is 0. The monoisotopic (exact) mass is 1660 g/mol. The number of aromatic nitrogens is 2. The second-order valence-corrected chi connectivity index (χ2v) is 48.2. The van der Waals surface area contributed by atoms with Gasteiger partial charge in [0.05, 0.1) is 85.2 Å². The molecule has 4 aliphatic rings. The predicted octanol–water partition coefficient (Wildman–Crippen LogP) is 17.2. The minimum absolute atomic E-state index is 0.0450. The molecule has 22 heteroatoms. The van der Waals surface area contributed by atoms with E-state index in [1.807, 2.05) is 21.6 Å². The lowest BCUT2D eigenvalue weighted by molar-refractivity contribution is -0.138. The van der Waals surface area contributed by atoms with Gasteiger partial charge in [-0.1, -0.05) is 189 Å². The van der Waals surface area contributed by atoms with Crippen LogP contribution in [0.5, 0.6) is 0 Å². The van der Waals surface area contributed by atoms with Crippen molar-refractivity contribution >= 4 is 39.4 Å². The summed E-state index contributed by atoms with van der Waals surface area (Å²) in [7, 11) is -2.96. The van der Waals surface area contributed by atoms with Crippen LogP contribution in [-0.2, 0) is 45.1 Å². The summed E-state index contributed by atoms with van der Waals surface area (Å²) in [5.41, 5.74) is 3.28. The SMILES string of the molecule is CC(C)(C)CCCCC(NC(C)(C)C)C(=O)N1CCC(O)C1.CC(C)(C)CCCCC(NC(C)(C)C)C(=O)N1CCC(O)CC1.CC(C)(C)CCCCC(NC(C)(C)C)C(=O)N1CCOCC1.CC(C)(C)CCCCC(NC(C)(C)C)C(=O)N1CCS(=O)(=O)CC1.Cc1cnc(CNC(=O)C(CCCCC(C)(C)C)CC(C)(C)C)cn1. The van der Waals surface area contributed by atoms with Gasteiger partial charge in [-0.3, -0.25) is 33.9 Å². The zero-order valence-electron chi connectivity index (χ0n) is 80.6. The highest BCUT2D eigenvalue weighted by Crippen LogP contribution is 2.32. The average molecular weight is 1660 g/mol. The Balaban J connectivity index is 0.000000726. The first-order chi connectivity index (χ1) is 52.8. The summed E-state index contributed by atoms with van der Waals surface area (Å²) < 4.78 is 28.5. The van der Waals surface area contributed by atoms with E-state index >= 15 is 0 Å². The number of β-amino-alcohol motifs (C(OH)–C–C–N with tert-alkyl or cyclic N) is 1. The summed E-state index contributed by atoms with van der Waals surface area (Å²) in [6.45, 7) is 74.1. The molecular formula is C94H183N11O10S. The zero-order valence-corrected chi connectivity index (χ0v) is 81.4. The summed E-state index contributed by atoms with van der Waals surface area (Å²) in [6.07, 6.45) is 27.4. The smallest absolute Gasteiger partial charge is 0.239 e. The summed E-state index contributed by atoms with van der Waals surface area (Å²) in [5.74, 6) is 1.05. The van der Waals surface area contributed by atoms with Gasteiger partial charge < -0.3 is 61.1 Å². The fourth-order valence-corrected chi connectivity index (χ4v) is 15.9. The van der Waals surface area contributed by atoms with E-state index in [0.29, 0.717) is 105 Å². The van der Waals surface area contributed by atoms with Crippen molar-refractivity contribution in [2.45, 2.75) is 434 Å². The van der Waals surface area contributed by atoms with E-state index in [-0.39, 0.29) is 111 Å². The molecule has 0 aromatic carbocycles. The van der Waals surface area contributed by atoms with Crippen LogP contribution in [0.25, 0.3) is 0 Å². The third kappa shape index (κ3) is 57.4. The Labute approximate surface area is 712 Å². The molecule has 680 valence electrons. The molecule has 5 rings (SSSR count). The molecule has 0 aliphatic carbocycles. The molecule has 0 radical (unpaired) electrons. The lowest BCUT2D eigenvalue weighted by atomic mass is 9.81. The first-order valence-electron chi connectivity index (χ1n) is 45.2. The molecule has 6 atom stereocenters. The van der Waals surface area contributed by atoms with Gasteiger partial charge in [-0.25, -0.2) is 8.42 Å². The maximum atomic E-state index is 12.9. The second kappa shape index (κ2) is 50.6. The molecule has 0 bridgehead atoms. The number of carbonyl (C=O) groups is 5. The van der Waals surface area contributed by atoms with Crippen molar-refractivity contribution in [1.82, 2.24) is 56.2 Å². The van der Waals surface area contributed by atoms with Crippen molar-refractivity contribution < 1.29 is 47.3 Å². The minimum Gasteiger partial charge on any atom is -0.393 e. The van der Waals surface area contributed by atoms with Crippen molar-refractivity contribution in [1.29, 1.82) is 0 Å². The van der Waals surface area contributed by atoms with Crippen LogP contribution >= 0.6 is 0 Å². The van der Waals surface area contributed by atoms with E-state index in [9.17, 15) is 42.6 Å². The number of aliphatic hydroxyl groups excluding tert-OH is 2. The van der Waals surface area contributed by atoms with Gasteiger partial charge in [0.25, 0.3) is 0 Å². The highest BCUT2D eigenvalue weighted by atomic mass is 32.2. The lowest BCUT2D eigenvalue weighted by Crippen LogP contribution is -2.55. The Kier molecular flexibility index (Phi) is 48.1. The maximum Gasteiger partial charge on any atom is 0.239 e. The topological polar surface area (TPSA) is 268 Å². The highest BCUT2D eigenvalue weighted by molar-refractivity contribution is 7.91. The number of ether oxygens (including phenoxy) is 1. The van der Waals surface area contributed by atoms with E-state index in [4.69, 9.17) is 4.74 Å². The van der Waals surface area contributed by atoms with Gasteiger partial charge in [0, 0.05) is 86.6 Å². The van der Waals surface area contributed by atoms with Crippen molar-refractivity contribution in [2.75, 3.05) is 77.1 Å². The standard InChI is InChI=1S/C21H37N3O.C19H38N2O2.C18H36N2O3S.2C18H36N2O2/c1-16-13-23-18(14-22-16)15-24-19(25)17(12-21(5,6)7)10-8-9-11-20(2,3)4;1-18(2,3)12-8-7-9-16(20-19(4,5)6)17(23)21-13-10-15(22)11-14-21;1-17(2,3)10-8-7-9-15(19-18(4,5)6)16(21)20-11-13-24(22,23)14-12-20;1-17(2,3)11-8-7-9-15(19-18(4,5)6)16(22)20-12-10-14(21)13-20;1-17(2,3)10-8-7-9-15(19-18(4,5)6)16(21)20-11-13-22-14-12-20/h13-14,17H,8-12,15H2,1-7H3,(H,24,25);15-16,20,22H,7-14H2,1-6H3;15,19H,7-14H2,1-6H3;14-15,19,21H,7-13H2,1-6H3;15,19H,7-14H2,1-6H3. The summed E-state index contributed by atoms with van der Waals surface area (Å²) in [5, 5.41) is 36.3. The Bertz CT molecular complexity index is 2960. The molecule has 116 heavy (non-hydrogen) atoms. The molecule has 4 saturated heterocycles. The number of amides is 5. The largest absolute Gasteiger partial charge is 0.393 e. The van der Waals surface area contributed by atoms with E-state index in [1.165, 1.54) is 38.5 Å². The number of aryl methyl sites for hydroxylation is 1. The molecular weight excluding hydrogens is 1480 g/mol. The lowest BCUT2D eigenvalue weighted by Gasteiger charge is -2.35. The Morgan fingerprint density at radius 3 is 1.00 bits per heavy atom. The van der Waals surface area contributed by atoms with Crippen LogP contribution < -0.4 is 26.6 Å². The number of carbonyl (C=O) groups excluding carboxylic acids is 5. The number of hydrogen-bond acceptors (Lipinski definition) is 16. The van der Waals surface area contributed by atoms with E-state index < -0.39 is 9.84 Å². The average Bonchev–Trinajstić information content (AvgIpc) is 1.18. The van der Waals surface area contributed by atoms with Gasteiger partial charge in [0.2, 0.25) is 29.5 Å². The zero-order chi connectivity index (χ0) is 89.1. The summed E-state index contributed by atoms with van der Waals surface area (Å²) in [4.78, 5) is 79.8. The Hall–Kier alpha value is -3.90. The van der Waals surface area contributed by atoms with Crippen molar-refractivity contribution in [3.05, 3.63) is 23.8 Å². The number of rotatable bonds is 32. The molecule has 4 fully saturated rings. The van der Waals surface area contributed by atoms with Gasteiger partial charge in [-0.15, -0.1) is 0 Å². The molecule has 5 heterocycles. The second-order valence-electron chi connectivity index (χ2n) is 45.8. The van der Waals surface area contributed by atoms with E-state index in [1.54, 1.807) is 17.3 Å². The fraction of sp³-hybridized carbons (Fsp3) is 0.904. The quantitative estimate of drug-likeness (QED) is 0.0331. The Morgan fingerprint density at radius 1 is 0.405 bits per heavy atom. The number of aliphatic hydroxyl groups is 2. The maximum absolute atomic E-state index is 12.9. The van der Waals surface area contributed by atoms with Crippen LogP contribution in [0, 0.1) is 45.3 Å². The number of unbranched alkanes of at least 4 members (excludes halogenated alkanes) is 5. The van der Waals surface area contributed by atoms with Gasteiger partial charge in [0.1, 0.15) is 0 Å². The van der Waals surface area contributed by atoms with Crippen LogP contribution in [-0.4, -0.2) is 213 Å². The number of nitrogens with one attached hydrogen (secondary N) is 5. The highest BCUT2D eigenvalue weighted by Gasteiger charge is 2.36. The van der Waals surface area contributed by atoms with Gasteiger partial charge in [-0.2, -0.15) is 0 Å². The third-order valence-corrected chi connectivity index (χ3v) is 22.4. The minimum atomic E-state index is -2.96. The van der Waals surface area contributed by atoms with E-state index in [2.05, 4.69) is 244 Å². The van der Waals surface area contributed by atoms with Crippen molar-refractivity contribution in [3.63, 3.8) is 0 Å². The third-order valence-electron chi connectivity index (χ3n) is 20.8. The number of morpholine rings is 1. The molecule has 21 nitrogen and oxygen atoms in total. The summed E-state index contributed by atoms with van der Waals surface area (Å²) in [6, 6.07) is -0.542. The molecule has 1 aromatic heterocycles. The fourth-order valence-electron chi connectivity index (χ4n) is 14.7. The van der Waals surface area contributed by atoms with Crippen LogP contribution in [0.2, 0.25) is 0 Å². The number of piperidine rings is 1. The van der Waals surface area contributed by atoms with Crippen LogP contribution in [0.15, 0.2) is 12.4 Å². The first-order valence-corrected chi connectivity index (χ1v) is 47.1. The van der Waals surface area contributed by atoms with Crippen molar-refractivity contribution in [3.8, 4) is 0 Å². The van der Waals surface area contributed by atoms with Crippen LogP contribution in [0.4, 0.5) is 0 Å². The van der Waals surface area contributed by atoms with E-state index in [0.717, 1.165) is 121 Å². The van der Waals surface area contributed by atoms with Crippen LogP contribution in [0.3, 0.4) is 0 Å². The molecule has 4 aliphatic heterocycles. The number of sulfone groups is 1. The Morgan fingerprint density at radius 2 is 0.707 bits per heavy atom. The normalized spacial score (nSPS) is 18.3. The molecule has 0 saturated carbocycles. The predicted molar refractivity (Wildman–Crippen MR) is 484 cm³/mol. The van der Waals surface area contributed by atoms with Crippen LogP contribution in [0.1, 0.15) is 373 Å². The molecule has 6 unspecified atom stereocenters. The molecule has 7 N–H and O–H groups in total. The molecule has 5 amide bonds.